The fraction of sp³-hybridized carbons (Fsp3) is 0.462. The second-order valence-electron chi connectivity index (χ2n) is 8.70. The van der Waals surface area contributed by atoms with Crippen LogP contribution in [0.25, 0.3) is 0 Å². The van der Waals surface area contributed by atoms with Gasteiger partial charge in [0, 0.05) is 17.6 Å². The van der Waals surface area contributed by atoms with Crippen molar-refractivity contribution in [3.8, 4) is 17.6 Å². The van der Waals surface area contributed by atoms with E-state index in [1.165, 1.54) is 24.6 Å². The van der Waals surface area contributed by atoms with Crippen LogP contribution in [0.2, 0.25) is 0 Å². The lowest BCUT2D eigenvalue weighted by molar-refractivity contribution is -0.150. The lowest BCUT2D eigenvalue weighted by Gasteiger charge is -2.14. The normalized spacial score (nSPS) is 19.6. The van der Waals surface area contributed by atoms with Gasteiger partial charge < -0.3 is 14.2 Å². The monoisotopic (exact) mass is 439 g/mol. The highest BCUT2D eigenvalue weighted by Crippen LogP contribution is 2.55. The molecule has 1 aliphatic rings. The largest absolute Gasteiger partial charge is 0.454 e. The molecular formula is C26H30FNO4. The standard InChI is InChI=1S/C26H30FNO4/c1-4-5-6-10-15-30-24-23(26(24,2)3)25(29)32-22(17-28)18-13-14-20(27)21(16-18)31-19-11-8-7-9-12-19/h7-9,11-14,16,22-24H,4-6,10,15H2,1-3H3. The molecule has 0 aromatic heterocycles. The number of nitrogens with zero attached hydrogens (tertiary/aromatic N) is 1. The van der Waals surface area contributed by atoms with E-state index in [2.05, 4.69) is 6.92 Å². The Labute approximate surface area is 189 Å². The smallest absolute Gasteiger partial charge is 0.313 e. The van der Waals surface area contributed by atoms with Crippen molar-refractivity contribution in [1.82, 2.24) is 0 Å². The van der Waals surface area contributed by atoms with Gasteiger partial charge in [0.2, 0.25) is 6.10 Å². The first kappa shape index (κ1) is 23.7. The summed E-state index contributed by atoms with van der Waals surface area (Å²) in [4.78, 5) is 12.8. The fourth-order valence-corrected chi connectivity index (χ4v) is 3.80. The molecule has 170 valence electrons. The Morgan fingerprint density at radius 3 is 2.59 bits per heavy atom. The molecule has 0 amide bonds. The predicted octanol–water partition coefficient (Wildman–Crippen LogP) is 6.35. The third-order valence-electron chi connectivity index (χ3n) is 5.86. The molecule has 1 fully saturated rings. The summed E-state index contributed by atoms with van der Waals surface area (Å²) in [6.45, 7) is 6.68. The minimum absolute atomic E-state index is 0.0370. The van der Waals surface area contributed by atoms with Crippen molar-refractivity contribution in [1.29, 1.82) is 5.26 Å². The van der Waals surface area contributed by atoms with Crippen LogP contribution in [0.1, 0.15) is 58.1 Å². The molecule has 0 bridgehead atoms. The summed E-state index contributed by atoms with van der Waals surface area (Å²) >= 11 is 0. The first-order chi connectivity index (χ1) is 15.4. The van der Waals surface area contributed by atoms with Crippen molar-refractivity contribution in [2.75, 3.05) is 6.61 Å². The van der Waals surface area contributed by atoms with Crippen LogP contribution in [0.4, 0.5) is 4.39 Å². The van der Waals surface area contributed by atoms with Gasteiger partial charge in [-0.15, -0.1) is 0 Å². The molecule has 0 aliphatic heterocycles. The summed E-state index contributed by atoms with van der Waals surface area (Å²) in [5, 5.41) is 9.61. The van der Waals surface area contributed by atoms with Crippen LogP contribution < -0.4 is 4.74 Å². The Morgan fingerprint density at radius 2 is 1.91 bits per heavy atom. The minimum atomic E-state index is -1.16. The molecule has 3 unspecified atom stereocenters. The van der Waals surface area contributed by atoms with Crippen LogP contribution in [-0.2, 0) is 14.3 Å². The maximum atomic E-state index is 14.2. The lowest BCUT2D eigenvalue weighted by atomic mass is 10.1. The molecule has 0 N–H and O–H groups in total. The van der Waals surface area contributed by atoms with E-state index in [-0.39, 0.29) is 17.3 Å². The number of para-hydroxylation sites is 1. The summed E-state index contributed by atoms with van der Waals surface area (Å²) < 4.78 is 31.3. The third kappa shape index (κ3) is 5.66. The number of carbonyl (C=O) groups excluding carboxylic acids is 1. The second-order valence-corrected chi connectivity index (χ2v) is 8.70. The zero-order chi connectivity index (χ0) is 23.1. The van der Waals surface area contributed by atoms with Crippen molar-refractivity contribution in [2.45, 2.75) is 58.7 Å². The van der Waals surface area contributed by atoms with Crippen LogP contribution in [-0.4, -0.2) is 18.7 Å². The highest BCUT2D eigenvalue weighted by molar-refractivity contribution is 5.78. The zero-order valence-corrected chi connectivity index (χ0v) is 18.8. The summed E-state index contributed by atoms with van der Waals surface area (Å²) in [7, 11) is 0. The van der Waals surface area contributed by atoms with Gasteiger partial charge in [0.15, 0.2) is 11.6 Å². The van der Waals surface area contributed by atoms with Crippen LogP contribution >= 0.6 is 0 Å². The van der Waals surface area contributed by atoms with Gasteiger partial charge in [0.1, 0.15) is 11.8 Å². The van der Waals surface area contributed by atoms with Crippen molar-refractivity contribution >= 4 is 5.97 Å². The van der Waals surface area contributed by atoms with Gasteiger partial charge in [-0.3, -0.25) is 4.79 Å². The number of hydrogen-bond acceptors (Lipinski definition) is 5. The first-order valence-corrected chi connectivity index (χ1v) is 11.1. The number of halogens is 1. The van der Waals surface area contributed by atoms with Crippen molar-refractivity contribution in [2.24, 2.45) is 11.3 Å². The van der Waals surface area contributed by atoms with Crippen LogP contribution in [0, 0.1) is 28.5 Å². The van der Waals surface area contributed by atoms with Gasteiger partial charge in [-0.05, 0) is 30.7 Å². The average Bonchev–Trinajstić information content (AvgIpc) is 3.34. The third-order valence-corrected chi connectivity index (χ3v) is 5.86. The molecule has 3 rings (SSSR count). The number of rotatable bonds is 11. The topological polar surface area (TPSA) is 68.5 Å². The van der Waals surface area contributed by atoms with Gasteiger partial charge in [-0.25, -0.2) is 4.39 Å². The number of unbranched alkanes of at least 4 members (excludes halogenated alkanes) is 3. The molecule has 0 heterocycles. The van der Waals surface area contributed by atoms with Crippen LogP contribution in [0.5, 0.6) is 11.5 Å². The molecule has 2 aromatic rings. The van der Waals surface area contributed by atoms with E-state index in [1.807, 2.05) is 26.0 Å². The van der Waals surface area contributed by atoms with Gasteiger partial charge in [0.05, 0.1) is 12.0 Å². The van der Waals surface area contributed by atoms with E-state index >= 15 is 0 Å². The molecule has 1 saturated carbocycles. The molecular weight excluding hydrogens is 409 g/mol. The van der Waals surface area contributed by atoms with E-state index in [1.54, 1.807) is 24.3 Å². The summed E-state index contributed by atoms with van der Waals surface area (Å²) in [6, 6.07) is 14.8. The summed E-state index contributed by atoms with van der Waals surface area (Å²) in [5.41, 5.74) is 0.00957. The Kier molecular flexibility index (Phi) is 7.87. The maximum Gasteiger partial charge on any atom is 0.313 e. The molecule has 1 aliphatic carbocycles. The van der Waals surface area contributed by atoms with E-state index in [0.717, 1.165) is 19.3 Å². The highest BCUT2D eigenvalue weighted by Gasteiger charge is 2.64. The molecule has 0 radical (unpaired) electrons. The molecule has 3 atom stereocenters. The minimum Gasteiger partial charge on any atom is -0.454 e. The molecule has 5 nitrogen and oxygen atoms in total. The maximum absolute atomic E-state index is 14.2. The quantitative estimate of drug-likeness (QED) is 0.301. The number of ether oxygens (including phenoxy) is 3. The average molecular weight is 440 g/mol. The molecule has 2 aromatic carbocycles. The van der Waals surface area contributed by atoms with E-state index in [4.69, 9.17) is 14.2 Å². The van der Waals surface area contributed by atoms with Gasteiger partial charge in [-0.2, -0.15) is 5.26 Å². The molecule has 0 saturated heterocycles. The Bertz CT molecular complexity index is 954. The van der Waals surface area contributed by atoms with Gasteiger partial charge >= 0.3 is 5.97 Å². The Hall–Kier alpha value is -2.91. The van der Waals surface area contributed by atoms with Gasteiger partial charge in [0.25, 0.3) is 0 Å². The predicted molar refractivity (Wildman–Crippen MR) is 119 cm³/mol. The molecule has 32 heavy (non-hydrogen) atoms. The zero-order valence-electron chi connectivity index (χ0n) is 18.8. The number of carbonyl (C=O) groups is 1. The molecule has 0 spiro atoms. The van der Waals surface area contributed by atoms with Crippen molar-refractivity contribution in [3.05, 3.63) is 59.9 Å². The lowest BCUT2D eigenvalue weighted by Crippen LogP contribution is -2.15. The van der Waals surface area contributed by atoms with Crippen molar-refractivity contribution < 1.29 is 23.4 Å². The second kappa shape index (κ2) is 10.6. The number of nitriles is 1. The van der Waals surface area contributed by atoms with E-state index < -0.39 is 23.8 Å². The van der Waals surface area contributed by atoms with Crippen LogP contribution in [0.3, 0.4) is 0 Å². The Morgan fingerprint density at radius 1 is 1.16 bits per heavy atom. The SMILES string of the molecule is CCCCCCOC1C(C(=O)OC(C#N)c2ccc(F)c(Oc3ccccc3)c2)C1(C)C. The van der Waals surface area contributed by atoms with Gasteiger partial charge in [-0.1, -0.05) is 64.3 Å². The molecule has 6 heteroatoms. The number of benzene rings is 2. The summed E-state index contributed by atoms with van der Waals surface area (Å²) in [5.74, 6) is -1.04. The van der Waals surface area contributed by atoms with Crippen molar-refractivity contribution in [3.63, 3.8) is 0 Å². The van der Waals surface area contributed by atoms with E-state index in [9.17, 15) is 14.4 Å². The Balaban J connectivity index is 1.63. The fourth-order valence-electron chi connectivity index (χ4n) is 3.80. The number of hydrogen-bond donors (Lipinski definition) is 0. The van der Waals surface area contributed by atoms with E-state index in [0.29, 0.717) is 17.9 Å². The summed E-state index contributed by atoms with van der Waals surface area (Å²) in [6.07, 6.45) is 3.00. The highest BCUT2D eigenvalue weighted by atomic mass is 19.1. The first-order valence-electron chi connectivity index (χ1n) is 11.1. The number of esters is 1. The van der Waals surface area contributed by atoms with Crippen LogP contribution in [0.15, 0.2) is 48.5 Å².